The van der Waals surface area contributed by atoms with Gasteiger partial charge >= 0.3 is 0 Å². The van der Waals surface area contributed by atoms with Crippen LogP contribution in [0.15, 0.2) is 24.3 Å². The van der Waals surface area contributed by atoms with Crippen LogP contribution in [0.25, 0.3) is 0 Å². The first-order valence-electron chi connectivity index (χ1n) is 9.99. The zero-order chi connectivity index (χ0) is 18.0. The van der Waals surface area contributed by atoms with Crippen molar-refractivity contribution in [3.63, 3.8) is 0 Å². The SMILES string of the molecule is O=C1CC2(CCN(C(=O)c3ccc(C[C@@H]4CCCNC4)cc3)CC2)CN1. The van der Waals surface area contributed by atoms with Gasteiger partial charge in [0.05, 0.1) is 0 Å². The van der Waals surface area contributed by atoms with Gasteiger partial charge in [0, 0.05) is 31.6 Å². The zero-order valence-electron chi connectivity index (χ0n) is 15.4. The largest absolute Gasteiger partial charge is 0.356 e. The van der Waals surface area contributed by atoms with Crippen molar-refractivity contribution in [2.45, 2.75) is 38.5 Å². The molecule has 1 aromatic rings. The predicted molar refractivity (Wildman–Crippen MR) is 101 cm³/mol. The van der Waals surface area contributed by atoms with Crippen LogP contribution in [-0.2, 0) is 11.2 Å². The van der Waals surface area contributed by atoms with Crippen molar-refractivity contribution in [2.75, 3.05) is 32.7 Å². The number of nitrogens with zero attached hydrogens (tertiary/aromatic N) is 1. The molecule has 0 aliphatic carbocycles. The maximum absolute atomic E-state index is 12.8. The van der Waals surface area contributed by atoms with E-state index in [4.69, 9.17) is 0 Å². The Bertz CT molecular complexity index is 656. The molecule has 3 fully saturated rings. The van der Waals surface area contributed by atoms with Crippen LogP contribution in [0.3, 0.4) is 0 Å². The van der Waals surface area contributed by atoms with E-state index in [9.17, 15) is 9.59 Å². The second-order valence-corrected chi connectivity index (χ2v) is 8.36. The summed E-state index contributed by atoms with van der Waals surface area (Å²) in [4.78, 5) is 26.3. The van der Waals surface area contributed by atoms with E-state index in [0.29, 0.717) is 12.3 Å². The molecule has 1 atom stereocenters. The molecule has 3 saturated heterocycles. The highest BCUT2D eigenvalue weighted by atomic mass is 16.2. The normalized spacial score (nSPS) is 25.3. The summed E-state index contributed by atoms with van der Waals surface area (Å²) in [6, 6.07) is 8.21. The lowest BCUT2D eigenvalue weighted by Crippen LogP contribution is -2.44. The first kappa shape index (κ1) is 17.5. The molecule has 3 aliphatic heterocycles. The number of likely N-dealkylation sites (tertiary alicyclic amines) is 1. The molecule has 1 aromatic carbocycles. The Balaban J connectivity index is 1.32. The van der Waals surface area contributed by atoms with Gasteiger partial charge in [-0.25, -0.2) is 0 Å². The molecule has 0 saturated carbocycles. The molecule has 3 heterocycles. The average molecular weight is 355 g/mol. The molecule has 4 rings (SSSR count). The van der Waals surface area contributed by atoms with Crippen molar-refractivity contribution in [1.29, 1.82) is 0 Å². The van der Waals surface area contributed by atoms with E-state index < -0.39 is 0 Å². The quantitative estimate of drug-likeness (QED) is 0.871. The summed E-state index contributed by atoms with van der Waals surface area (Å²) in [5.41, 5.74) is 2.20. The van der Waals surface area contributed by atoms with Gasteiger partial charge in [0.25, 0.3) is 5.91 Å². The molecular weight excluding hydrogens is 326 g/mol. The maximum Gasteiger partial charge on any atom is 0.253 e. The van der Waals surface area contributed by atoms with Gasteiger partial charge < -0.3 is 15.5 Å². The minimum atomic E-state index is 0.0890. The Hall–Kier alpha value is -1.88. The van der Waals surface area contributed by atoms with Crippen molar-refractivity contribution in [3.05, 3.63) is 35.4 Å². The number of nitrogens with one attached hydrogen (secondary N) is 2. The molecule has 1 spiro atoms. The Morgan fingerprint density at radius 1 is 1.19 bits per heavy atom. The van der Waals surface area contributed by atoms with Gasteiger partial charge in [-0.15, -0.1) is 0 Å². The molecule has 0 unspecified atom stereocenters. The van der Waals surface area contributed by atoms with E-state index in [1.165, 1.54) is 18.4 Å². The summed E-state index contributed by atoms with van der Waals surface area (Å²) in [7, 11) is 0. The molecule has 0 aromatic heterocycles. The highest BCUT2D eigenvalue weighted by Crippen LogP contribution is 2.37. The van der Waals surface area contributed by atoms with Gasteiger partial charge in [-0.1, -0.05) is 12.1 Å². The summed E-state index contributed by atoms with van der Waals surface area (Å²) in [5.74, 6) is 1.00. The van der Waals surface area contributed by atoms with E-state index in [-0.39, 0.29) is 17.2 Å². The first-order valence-corrected chi connectivity index (χ1v) is 9.99. The molecule has 26 heavy (non-hydrogen) atoms. The monoisotopic (exact) mass is 355 g/mol. The fraction of sp³-hybridized carbons (Fsp3) is 0.619. The van der Waals surface area contributed by atoms with Crippen molar-refractivity contribution in [1.82, 2.24) is 15.5 Å². The summed E-state index contributed by atoms with van der Waals surface area (Å²) in [5, 5.41) is 6.41. The van der Waals surface area contributed by atoms with Crippen LogP contribution >= 0.6 is 0 Å². The standard InChI is InChI=1S/C21H29N3O2/c25-19-13-21(15-23-19)7-10-24(11-8-21)20(26)18-5-3-16(4-6-18)12-17-2-1-9-22-14-17/h3-6,17,22H,1-2,7-15H2,(H,23,25)/t17-/m0/s1. The number of carbonyl (C=O) groups excluding carboxylic acids is 2. The van der Waals surface area contributed by atoms with Crippen molar-refractivity contribution in [3.8, 4) is 0 Å². The van der Waals surface area contributed by atoms with Gasteiger partial charge in [-0.3, -0.25) is 9.59 Å². The Kier molecular flexibility index (Phi) is 4.98. The fourth-order valence-corrected chi connectivity index (χ4v) is 4.69. The van der Waals surface area contributed by atoms with Crippen LogP contribution in [0.2, 0.25) is 0 Å². The smallest absolute Gasteiger partial charge is 0.253 e. The molecule has 140 valence electrons. The van der Waals surface area contributed by atoms with Crippen molar-refractivity contribution in [2.24, 2.45) is 11.3 Å². The van der Waals surface area contributed by atoms with E-state index >= 15 is 0 Å². The minimum absolute atomic E-state index is 0.0890. The lowest BCUT2D eigenvalue weighted by Gasteiger charge is -2.38. The highest BCUT2D eigenvalue weighted by Gasteiger charge is 2.41. The van der Waals surface area contributed by atoms with Gasteiger partial charge in [0.2, 0.25) is 5.91 Å². The molecule has 2 amide bonds. The molecule has 2 N–H and O–H groups in total. The zero-order valence-corrected chi connectivity index (χ0v) is 15.4. The second kappa shape index (κ2) is 7.39. The number of hydrogen-bond donors (Lipinski definition) is 2. The van der Waals surface area contributed by atoms with Gasteiger partial charge in [0.1, 0.15) is 0 Å². The molecule has 3 aliphatic rings. The predicted octanol–water partition coefficient (Wildman–Crippen LogP) is 1.97. The third-order valence-electron chi connectivity index (χ3n) is 6.43. The summed E-state index contributed by atoms with van der Waals surface area (Å²) < 4.78 is 0. The third kappa shape index (κ3) is 3.78. The van der Waals surface area contributed by atoms with Crippen molar-refractivity contribution >= 4 is 11.8 Å². The average Bonchev–Trinajstić information content (AvgIpc) is 3.03. The molecule has 5 heteroatoms. The molecule has 0 radical (unpaired) electrons. The van der Waals surface area contributed by atoms with Crippen LogP contribution in [0.5, 0.6) is 0 Å². The fourth-order valence-electron chi connectivity index (χ4n) is 4.69. The van der Waals surface area contributed by atoms with Gasteiger partial charge in [0.15, 0.2) is 0 Å². The number of piperidine rings is 2. The number of hydrogen-bond acceptors (Lipinski definition) is 3. The number of carbonyl (C=O) groups is 2. The highest BCUT2D eigenvalue weighted by molar-refractivity contribution is 5.94. The first-order chi connectivity index (χ1) is 12.6. The van der Waals surface area contributed by atoms with E-state index in [1.54, 1.807) is 0 Å². The molecule has 0 bridgehead atoms. The number of amides is 2. The Labute approximate surface area is 155 Å². The van der Waals surface area contributed by atoms with Gasteiger partial charge in [-0.05, 0) is 74.2 Å². The van der Waals surface area contributed by atoms with Crippen LogP contribution in [0, 0.1) is 11.3 Å². The minimum Gasteiger partial charge on any atom is -0.356 e. The topological polar surface area (TPSA) is 61.4 Å². The Morgan fingerprint density at radius 3 is 2.58 bits per heavy atom. The lowest BCUT2D eigenvalue weighted by molar-refractivity contribution is -0.119. The van der Waals surface area contributed by atoms with Crippen LogP contribution in [-0.4, -0.2) is 49.4 Å². The lowest BCUT2D eigenvalue weighted by atomic mass is 9.77. The van der Waals surface area contributed by atoms with Crippen molar-refractivity contribution < 1.29 is 9.59 Å². The number of rotatable bonds is 3. The maximum atomic E-state index is 12.8. The van der Waals surface area contributed by atoms with Gasteiger partial charge in [-0.2, -0.15) is 0 Å². The second-order valence-electron chi connectivity index (χ2n) is 8.36. The number of benzene rings is 1. The summed E-state index contributed by atoms with van der Waals surface area (Å²) in [6.07, 6.45) is 6.11. The third-order valence-corrected chi connectivity index (χ3v) is 6.43. The molecular formula is C21H29N3O2. The summed E-state index contributed by atoms with van der Waals surface area (Å²) >= 11 is 0. The molecule has 5 nitrogen and oxygen atoms in total. The van der Waals surface area contributed by atoms with Crippen LogP contribution < -0.4 is 10.6 Å². The van der Waals surface area contributed by atoms with E-state index in [1.807, 2.05) is 17.0 Å². The Morgan fingerprint density at radius 2 is 1.96 bits per heavy atom. The van der Waals surface area contributed by atoms with Crippen LogP contribution in [0.4, 0.5) is 0 Å². The van der Waals surface area contributed by atoms with E-state index in [0.717, 1.165) is 57.5 Å². The van der Waals surface area contributed by atoms with Crippen LogP contribution in [0.1, 0.15) is 48.0 Å². The van der Waals surface area contributed by atoms with E-state index in [2.05, 4.69) is 22.8 Å². The summed E-state index contributed by atoms with van der Waals surface area (Å²) in [6.45, 7) is 4.53.